The highest BCUT2D eigenvalue weighted by Gasteiger charge is 2.09. The summed E-state index contributed by atoms with van der Waals surface area (Å²) >= 11 is 6.09. The number of aldehydes is 1. The third kappa shape index (κ3) is 3.60. The molecule has 104 valence electrons. The van der Waals surface area contributed by atoms with Crippen LogP contribution in [0.4, 0.5) is 3.89 Å². The van der Waals surface area contributed by atoms with Gasteiger partial charge in [-0.1, -0.05) is 48.0 Å². The van der Waals surface area contributed by atoms with Gasteiger partial charge < -0.3 is 0 Å². The van der Waals surface area contributed by atoms with Crippen molar-refractivity contribution in [2.24, 2.45) is 0 Å². The fourth-order valence-electron chi connectivity index (χ4n) is 2.01. The van der Waals surface area contributed by atoms with E-state index in [-0.39, 0.29) is 19.0 Å². The second-order valence-corrected chi connectivity index (χ2v) is 4.92. The Hall–Kier alpha value is -1.36. The Morgan fingerprint density at radius 3 is 2.70 bits per heavy atom. The van der Waals surface area contributed by atoms with Crippen molar-refractivity contribution < 1.29 is 12.9 Å². The maximum Gasteiger partial charge on any atom is 0.208 e. The summed E-state index contributed by atoms with van der Waals surface area (Å²) in [7, 11) is 0. The molecule has 2 aromatic carbocycles. The zero-order valence-electron chi connectivity index (χ0n) is 10.5. The van der Waals surface area contributed by atoms with E-state index in [1.54, 1.807) is 12.1 Å². The predicted molar refractivity (Wildman–Crippen MR) is 80.6 cm³/mol. The third-order valence-electron chi connectivity index (χ3n) is 2.94. The molecule has 0 radical (unpaired) electrons. The van der Waals surface area contributed by atoms with Gasteiger partial charge in [0.15, 0.2) is 0 Å². The minimum absolute atomic E-state index is 0.134. The van der Waals surface area contributed by atoms with E-state index in [0.29, 0.717) is 17.0 Å². The van der Waals surface area contributed by atoms with E-state index in [1.165, 1.54) is 0 Å². The average Bonchev–Trinajstić information content (AvgIpc) is 2.48. The van der Waals surface area contributed by atoms with Crippen molar-refractivity contribution in [3.05, 3.63) is 58.6 Å². The molecule has 0 atom stereocenters. The van der Waals surface area contributed by atoms with Crippen molar-refractivity contribution in [2.45, 2.75) is 6.42 Å². The Kier molecular flexibility index (Phi) is 5.59. The van der Waals surface area contributed by atoms with Gasteiger partial charge in [0.05, 0.1) is 6.61 Å². The molecule has 0 unspecified atom stereocenters. The summed E-state index contributed by atoms with van der Waals surface area (Å²) in [6.07, 6.45) is 1.34. The molecule has 0 saturated carbocycles. The molecule has 0 aliphatic rings. The Bertz CT molecular complexity index is 604. The molecule has 0 saturated heterocycles. The molecule has 20 heavy (non-hydrogen) atoms. The lowest BCUT2D eigenvalue weighted by Gasteiger charge is -2.11. The summed E-state index contributed by atoms with van der Waals surface area (Å²) in [5.74, 6) is 0. The van der Waals surface area contributed by atoms with Crippen LogP contribution in [0.15, 0.2) is 42.5 Å². The van der Waals surface area contributed by atoms with E-state index in [9.17, 15) is 8.68 Å². The largest absolute Gasteiger partial charge is 0.298 e. The van der Waals surface area contributed by atoms with Gasteiger partial charge in [-0.05, 0) is 23.6 Å². The molecular weight excluding hydrogens is 299 g/mol. The lowest BCUT2D eigenvalue weighted by molar-refractivity contribution is 0.112. The predicted octanol–water partition coefficient (Wildman–Crippen LogP) is 4.91. The molecule has 2 nitrogen and oxygen atoms in total. The second kappa shape index (κ2) is 7.43. The number of benzene rings is 2. The minimum Gasteiger partial charge on any atom is -0.298 e. The van der Waals surface area contributed by atoms with Crippen LogP contribution in [0.3, 0.4) is 0 Å². The van der Waals surface area contributed by atoms with Crippen LogP contribution in [0.2, 0.25) is 5.02 Å². The number of hydrogen-bond donors (Lipinski definition) is 0. The number of rotatable bonds is 6. The fraction of sp³-hybridized carbons (Fsp3) is 0.133. The van der Waals surface area contributed by atoms with Crippen molar-refractivity contribution >= 4 is 30.3 Å². The van der Waals surface area contributed by atoms with Crippen LogP contribution in [0, 0.1) is 0 Å². The Balaban J connectivity index is 2.34. The molecule has 0 aliphatic heterocycles. The van der Waals surface area contributed by atoms with E-state index in [1.807, 2.05) is 30.3 Å². The van der Waals surface area contributed by atoms with E-state index in [2.05, 4.69) is 4.18 Å². The van der Waals surface area contributed by atoms with E-state index in [0.717, 1.165) is 23.0 Å². The Morgan fingerprint density at radius 1 is 1.20 bits per heavy atom. The Labute approximate surface area is 126 Å². The summed E-state index contributed by atoms with van der Waals surface area (Å²) in [6.45, 7) is 0.280. The second-order valence-electron chi connectivity index (χ2n) is 4.15. The van der Waals surface area contributed by atoms with Crippen molar-refractivity contribution in [1.29, 1.82) is 0 Å². The van der Waals surface area contributed by atoms with Crippen LogP contribution in [0.25, 0.3) is 11.1 Å². The fourth-order valence-corrected chi connectivity index (χ4v) is 2.44. The molecule has 2 rings (SSSR count). The molecule has 0 bridgehead atoms. The molecule has 0 spiro atoms. The summed E-state index contributed by atoms with van der Waals surface area (Å²) < 4.78 is 16.6. The monoisotopic (exact) mass is 310 g/mol. The quantitative estimate of drug-likeness (QED) is 0.431. The van der Waals surface area contributed by atoms with Crippen molar-refractivity contribution in [3.63, 3.8) is 0 Å². The van der Waals surface area contributed by atoms with Crippen LogP contribution in [0.1, 0.15) is 15.9 Å². The van der Waals surface area contributed by atoms with Crippen molar-refractivity contribution in [2.75, 3.05) is 6.61 Å². The van der Waals surface area contributed by atoms with Gasteiger partial charge in [0.1, 0.15) is 6.29 Å². The SMILES string of the molecule is O=Cc1ccc(-c2ccccc2CCOSF)c(Cl)c1. The molecule has 0 fully saturated rings. The van der Waals surface area contributed by atoms with Crippen LogP contribution in [0.5, 0.6) is 0 Å². The van der Waals surface area contributed by atoms with E-state index in [4.69, 9.17) is 11.6 Å². The minimum atomic E-state index is -0.134. The zero-order chi connectivity index (χ0) is 14.4. The molecule has 2 aromatic rings. The highest BCUT2D eigenvalue weighted by molar-refractivity contribution is 7.89. The lowest BCUT2D eigenvalue weighted by atomic mass is 9.97. The van der Waals surface area contributed by atoms with Gasteiger partial charge in [-0.3, -0.25) is 8.98 Å². The van der Waals surface area contributed by atoms with Gasteiger partial charge in [0.25, 0.3) is 0 Å². The molecule has 0 amide bonds. The summed E-state index contributed by atoms with van der Waals surface area (Å²) in [5.41, 5.74) is 3.36. The molecule has 0 aliphatic carbocycles. The highest BCUT2D eigenvalue weighted by Crippen LogP contribution is 2.31. The smallest absolute Gasteiger partial charge is 0.208 e. The molecule has 0 N–H and O–H groups in total. The number of halogens is 2. The third-order valence-corrected chi connectivity index (χ3v) is 3.50. The van der Waals surface area contributed by atoms with Crippen LogP contribution in [-0.4, -0.2) is 12.9 Å². The van der Waals surface area contributed by atoms with Crippen LogP contribution < -0.4 is 0 Å². The summed E-state index contributed by atoms with van der Waals surface area (Å²) in [5, 5.41) is 0.517. The number of hydrogen-bond acceptors (Lipinski definition) is 3. The molecule has 0 aromatic heterocycles. The normalized spacial score (nSPS) is 10.5. The van der Waals surface area contributed by atoms with Crippen molar-refractivity contribution in [3.8, 4) is 11.1 Å². The van der Waals surface area contributed by atoms with Crippen LogP contribution >= 0.6 is 24.0 Å². The first-order valence-electron chi connectivity index (χ1n) is 5.99. The average molecular weight is 311 g/mol. The van der Waals surface area contributed by atoms with Gasteiger partial charge in [0.2, 0.25) is 12.4 Å². The first-order chi connectivity index (χ1) is 9.76. The summed E-state index contributed by atoms with van der Waals surface area (Å²) in [4.78, 5) is 10.7. The molecule has 0 heterocycles. The molecular formula is C15H12ClFO2S. The first-order valence-corrected chi connectivity index (χ1v) is 7.01. The number of carbonyl (C=O) groups excluding carboxylic acids is 1. The lowest BCUT2D eigenvalue weighted by Crippen LogP contribution is -1.96. The van der Waals surface area contributed by atoms with Gasteiger partial charge in [0, 0.05) is 16.1 Å². The van der Waals surface area contributed by atoms with E-state index >= 15 is 0 Å². The standard InChI is InChI=1S/C15H12ClFO2S/c16-15-9-11(10-18)5-6-14(15)13-4-2-1-3-12(13)7-8-19-20-17/h1-6,9-10H,7-8H2. The van der Waals surface area contributed by atoms with Crippen LogP contribution in [-0.2, 0) is 10.6 Å². The van der Waals surface area contributed by atoms with Gasteiger partial charge in [-0.25, -0.2) is 0 Å². The maximum atomic E-state index is 11.9. The first kappa shape index (κ1) is 15.0. The van der Waals surface area contributed by atoms with Crippen molar-refractivity contribution in [1.82, 2.24) is 0 Å². The topological polar surface area (TPSA) is 26.3 Å². The van der Waals surface area contributed by atoms with Gasteiger partial charge >= 0.3 is 0 Å². The van der Waals surface area contributed by atoms with E-state index < -0.39 is 0 Å². The van der Waals surface area contributed by atoms with Gasteiger partial charge in [-0.2, -0.15) is 0 Å². The van der Waals surface area contributed by atoms with Gasteiger partial charge in [-0.15, -0.1) is 3.89 Å². The Morgan fingerprint density at radius 2 is 2.00 bits per heavy atom. The highest BCUT2D eigenvalue weighted by atomic mass is 35.5. The maximum absolute atomic E-state index is 11.9. The zero-order valence-corrected chi connectivity index (χ0v) is 12.1. The summed E-state index contributed by atoms with van der Waals surface area (Å²) in [6, 6.07) is 12.9. The molecule has 5 heteroatoms. The number of carbonyl (C=O) groups is 1.